The van der Waals surface area contributed by atoms with Gasteiger partial charge >= 0.3 is 0 Å². The molecule has 0 fully saturated rings. The van der Waals surface area contributed by atoms with Crippen molar-refractivity contribution in [3.63, 3.8) is 0 Å². The summed E-state index contributed by atoms with van der Waals surface area (Å²) in [6.07, 6.45) is 0. The number of nitrogens with one attached hydrogen (secondary N) is 1. The van der Waals surface area contributed by atoms with Crippen LogP contribution in [0.2, 0.25) is 5.02 Å². The predicted octanol–water partition coefficient (Wildman–Crippen LogP) is 5.16. The van der Waals surface area contributed by atoms with Crippen molar-refractivity contribution in [2.24, 2.45) is 0 Å². The minimum atomic E-state index is -0.227. The van der Waals surface area contributed by atoms with E-state index in [9.17, 15) is 9.59 Å². The zero-order valence-corrected chi connectivity index (χ0v) is 15.5. The van der Waals surface area contributed by atoms with Crippen molar-refractivity contribution >= 4 is 29.0 Å². The van der Waals surface area contributed by atoms with Gasteiger partial charge in [-0.25, -0.2) is 0 Å². The molecule has 1 N–H and O–H groups in total. The third kappa shape index (κ3) is 5.19. The number of hydrogen-bond acceptors (Lipinski definition) is 3. The lowest BCUT2D eigenvalue weighted by Gasteiger charge is -2.08. The van der Waals surface area contributed by atoms with Gasteiger partial charge in [-0.2, -0.15) is 0 Å². The van der Waals surface area contributed by atoms with Gasteiger partial charge in [0.25, 0.3) is 5.91 Å². The van der Waals surface area contributed by atoms with Crippen molar-refractivity contribution in [2.45, 2.75) is 6.92 Å². The maximum atomic E-state index is 12.2. The first-order valence-electron chi connectivity index (χ1n) is 8.41. The first-order chi connectivity index (χ1) is 13.0. The molecule has 0 heterocycles. The number of amides is 1. The predicted molar refractivity (Wildman–Crippen MR) is 107 cm³/mol. The fourth-order valence-corrected chi connectivity index (χ4v) is 2.54. The Labute approximate surface area is 162 Å². The molecule has 3 rings (SSSR count). The van der Waals surface area contributed by atoms with Crippen LogP contribution in [0, 0.1) is 6.92 Å². The summed E-state index contributed by atoms with van der Waals surface area (Å²) in [4.78, 5) is 24.3. The number of anilines is 1. The molecular formula is C22H18ClNO3. The standard InChI is InChI=1S/C22H18ClNO3/c1-15-2-4-16(5-3-15)21(25)14-27-20-12-10-19(11-13-20)24-22(26)17-6-8-18(23)9-7-17/h2-13H,14H2,1H3,(H,24,26). The molecular weight excluding hydrogens is 362 g/mol. The van der Waals surface area contributed by atoms with E-state index in [4.69, 9.17) is 16.3 Å². The SMILES string of the molecule is Cc1ccc(C(=O)COc2ccc(NC(=O)c3ccc(Cl)cc3)cc2)cc1. The van der Waals surface area contributed by atoms with Gasteiger partial charge in [0.2, 0.25) is 0 Å². The zero-order chi connectivity index (χ0) is 19.2. The number of carbonyl (C=O) groups excluding carboxylic acids is 2. The molecule has 136 valence electrons. The normalized spacial score (nSPS) is 10.3. The summed E-state index contributed by atoms with van der Waals surface area (Å²) in [7, 11) is 0. The van der Waals surface area contributed by atoms with E-state index in [-0.39, 0.29) is 18.3 Å². The number of Topliss-reactive ketones (excluding diaryl/α,β-unsaturated/α-hetero) is 1. The molecule has 0 unspecified atom stereocenters. The van der Waals surface area contributed by atoms with Gasteiger partial charge in [0.05, 0.1) is 0 Å². The minimum absolute atomic E-state index is 0.0421. The van der Waals surface area contributed by atoms with Crippen molar-refractivity contribution in [3.8, 4) is 5.75 Å². The summed E-state index contributed by atoms with van der Waals surface area (Å²) < 4.78 is 5.53. The highest BCUT2D eigenvalue weighted by Gasteiger charge is 2.08. The highest BCUT2D eigenvalue weighted by atomic mass is 35.5. The molecule has 0 saturated carbocycles. The molecule has 3 aromatic rings. The summed E-state index contributed by atoms with van der Waals surface area (Å²) in [5, 5.41) is 3.37. The minimum Gasteiger partial charge on any atom is -0.485 e. The average molecular weight is 380 g/mol. The summed E-state index contributed by atoms with van der Waals surface area (Å²) in [6, 6.07) is 20.9. The monoisotopic (exact) mass is 379 g/mol. The van der Waals surface area contributed by atoms with E-state index < -0.39 is 0 Å². The van der Waals surface area contributed by atoms with Crippen LogP contribution in [0.15, 0.2) is 72.8 Å². The van der Waals surface area contributed by atoms with E-state index in [0.717, 1.165) is 5.56 Å². The Morgan fingerprint density at radius 1 is 0.852 bits per heavy atom. The van der Waals surface area contributed by atoms with Gasteiger partial charge in [0.1, 0.15) is 5.75 Å². The molecule has 5 heteroatoms. The Morgan fingerprint density at radius 3 is 2.07 bits per heavy atom. The van der Waals surface area contributed by atoms with Crippen molar-refractivity contribution in [1.82, 2.24) is 0 Å². The van der Waals surface area contributed by atoms with Gasteiger partial charge in [-0.15, -0.1) is 0 Å². The van der Waals surface area contributed by atoms with E-state index in [2.05, 4.69) is 5.32 Å². The Hall–Kier alpha value is -3.11. The molecule has 0 aliphatic heterocycles. The topological polar surface area (TPSA) is 55.4 Å². The Bertz CT molecular complexity index is 933. The molecule has 1 amide bonds. The number of rotatable bonds is 6. The molecule has 0 aliphatic rings. The van der Waals surface area contributed by atoms with E-state index in [1.165, 1.54) is 0 Å². The lowest BCUT2D eigenvalue weighted by molar-refractivity contribution is 0.0921. The van der Waals surface area contributed by atoms with Gasteiger partial charge in [0, 0.05) is 21.8 Å². The second kappa shape index (κ2) is 8.52. The lowest BCUT2D eigenvalue weighted by Crippen LogP contribution is -2.12. The smallest absolute Gasteiger partial charge is 0.255 e. The second-order valence-electron chi connectivity index (χ2n) is 6.06. The quantitative estimate of drug-likeness (QED) is 0.601. The Kier molecular flexibility index (Phi) is 5.89. The van der Waals surface area contributed by atoms with Gasteiger partial charge in [0.15, 0.2) is 12.4 Å². The molecule has 3 aromatic carbocycles. The number of hydrogen-bond donors (Lipinski definition) is 1. The van der Waals surface area contributed by atoms with Crippen LogP contribution in [-0.4, -0.2) is 18.3 Å². The highest BCUT2D eigenvalue weighted by molar-refractivity contribution is 6.30. The first-order valence-corrected chi connectivity index (χ1v) is 8.79. The highest BCUT2D eigenvalue weighted by Crippen LogP contribution is 2.18. The summed E-state index contributed by atoms with van der Waals surface area (Å²) in [6.45, 7) is 1.93. The Morgan fingerprint density at radius 2 is 1.44 bits per heavy atom. The maximum Gasteiger partial charge on any atom is 0.255 e. The van der Waals surface area contributed by atoms with Crippen molar-refractivity contribution in [3.05, 3.63) is 94.5 Å². The number of aryl methyl sites for hydroxylation is 1. The largest absolute Gasteiger partial charge is 0.485 e. The molecule has 0 aliphatic carbocycles. The van der Waals surface area contributed by atoms with Crippen LogP contribution in [0.3, 0.4) is 0 Å². The van der Waals surface area contributed by atoms with Crippen molar-refractivity contribution in [2.75, 3.05) is 11.9 Å². The second-order valence-corrected chi connectivity index (χ2v) is 6.50. The molecule has 0 atom stereocenters. The van der Waals surface area contributed by atoms with Gasteiger partial charge in [-0.05, 0) is 55.5 Å². The summed E-state index contributed by atoms with van der Waals surface area (Å²) >= 11 is 5.82. The van der Waals surface area contributed by atoms with Crippen molar-refractivity contribution in [1.29, 1.82) is 0 Å². The van der Waals surface area contributed by atoms with Crippen LogP contribution in [0.1, 0.15) is 26.3 Å². The third-order valence-electron chi connectivity index (χ3n) is 3.96. The summed E-state index contributed by atoms with van der Waals surface area (Å²) in [5.74, 6) is 0.241. The van der Waals surface area contributed by atoms with Gasteiger partial charge in [-0.3, -0.25) is 9.59 Å². The van der Waals surface area contributed by atoms with Crippen LogP contribution in [-0.2, 0) is 0 Å². The molecule has 0 saturated heterocycles. The zero-order valence-electron chi connectivity index (χ0n) is 14.7. The molecule has 0 spiro atoms. The Balaban J connectivity index is 1.55. The fraction of sp³-hybridized carbons (Fsp3) is 0.0909. The van der Waals surface area contributed by atoms with Crippen LogP contribution < -0.4 is 10.1 Å². The maximum absolute atomic E-state index is 12.2. The van der Waals surface area contributed by atoms with Gasteiger partial charge in [-0.1, -0.05) is 41.4 Å². The average Bonchev–Trinajstić information content (AvgIpc) is 2.68. The third-order valence-corrected chi connectivity index (χ3v) is 4.21. The number of carbonyl (C=O) groups is 2. The summed E-state index contributed by atoms with van der Waals surface area (Å²) in [5.41, 5.74) is 2.87. The van der Waals surface area contributed by atoms with Crippen LogP contribution in [0.25, 0.3) is 0 Å². The number of halogens is 1. The first kappa shape index (κ1) is 18.7. The molecule has 0 radical (unpaired) electrons. The van der Waals surface area contributed by atoms with Crippen LogP contribution in [0.5, 0.6) is 5.75 Å². The number of benzene rings is 3. The number of ether oxygens (including phenoxy) is 1. The molecule has 0 bridgehead atoms. The van der Waals surface area contributed by atoms with Crippen molar-refractivity contribution < 1.29 is 14.3 Å². The van der Waals surface area contributed by atoms with E-state index >= 15 is 0 Å². The number of ketones is 1. The van der Waals surface area contributed by atoms with E-state index in [0.29, 0.717) is 27.6 Å². The van der Waals surface area contributed by atoms with Crippen LogP contribution >= 0.6 is 11.6 Å². The van der Waals surface area contributed by atoms with E-state index in [1.54, 1.807) is 60.7 Å². The van der Waals surface area contributed by atoms with Crippen LogP contribution in [0.4, 0.5) is 5.69 Å². The fourth-order valence-electron chi connectivity index (χ4n) is 2.41. The van der Waals surface area contributed by atoms with E-state index in [1.807, 2.05) is 19.1 Å². The van der Waals surface area contributed by atoms with Gasteiger partial charge < -0.3 is 10.1 Å². The molecule has 4 nitrogen and oxygen atoms in total. The molecule has 27 heavy (non-hydrogen) atoms. The molecule has 0 aromatic heterocycles. The lowest BCUT2D eigenvalue weighted by atomic mass is 10.1.